The minimum absolute atomic E-state index is 0.0633. The molecule has 2 aromatic rings. The molecule has 2 atom stereocenters. The Hall–Kier alpha value is -2.74. The van der Waals surface area contributed by atoms with Crippen LogP contribution in [-0.4, -0.2) is 57.7 Å². The standard InChI is InChI=1S/C18H24N6O2/c1-3-24-9-6-15(22-24)18(26)21-16-12-23(11-14(16)17(25)19-2)10-13-4-7-20-8-5-13/h4-9,14,16H,3,10-12H2,1-2H3,(H,19,25)(H,21,26)/t14-,16-/m0/s1. The Bertz CT molecular complexity index is 760. The van der Waals surface area contributed by atoms with E-state index in [-0.39, 0.29) is 23.8 Å². The van der Waals surface area contributed by atoms with Gasteiger partial charge in [-0.2, -0.15) is 5.10 Å². The highest BCUT2D eigenvalue weighted by Crippen LogP contribution is 2.20. The van der Waals surface area contributed by atoms with Crippen molar-refractivity contribution >= 4 is 11.8 Å². The number of amides is 2. The third-order valence-corrected chi connectivity index (χ3v) is 4.65. The van der Waals surface area contributed by atoms with E-state index >= 15 is 0 Å². The van der Waals surface area contributed by atoms with E-state index in [1.54, 1.807) is 36.4 Å². The average molecular weight is 356 g/mol. The number of carbonyl (C=O) groups is 2. The molecule has 0 saturated carbocycles. The molecule has 1 saturated heterocycles. The van der Waals surface area contributed by atoms with Crippen LogP contribution in [0, 0.1) is 5.92 Å². The summed E-state index contributed by atoms with van der Waals surface area (Å²) in [6.45, 7) is 4.59. The molecule has 0 aromatic carbocycles. The Morgan fingerprint density at radius 1 is 1.23 bits per heavy atom. The van der Waals surface area contributed by atoms with Crippen molar-refractivity contribution in [1.29, 1.82) is 0 Å². The van der Waals surface area contributed by atoms with Crippen LogP contribution in [0.2, 0.25) is 0 Å². The lowest BCUT2D eigenvalue weighted by molar-refractivity contribution is -0.124. The molecule has 26 heavy (non-hydrogen) atoms. The second-order valence-electron chi connectivity index (χ2n) is 6.41. The van der Waals surface area contributed by atoms with E-state index in [0.717, 1.165) is 5.56 Å². The van der Waals surface area contributed by atoms with Crippen LogP contribution in [0.5, 0.6) is 0 Å². The molecular formula is C18H24N6O2. The monoisotopic (exact) mass is 356 g/mol. The van der Waals surface area contributed by atoms with Crippen LogP contribution in [-0.2, 0) is 17.9 Å². The van der Waals surface area contributed by atoms with Gasteiger partial charge in [0, 0.05) is 51.8 Å². The molecule has 0 unspecified atom stereocenters. The Labute approximate surface area is 152 Å². The van der Waals surface area contributed by atoms with Crippen molar-refractivity contribution in [2.24, 2.45) is 5.92 Å². The first-order chi connectivity index (χ1) is 12.6. The van der Waals surface area contributed by atoms with Gasteiger partial charge in [0.05, 0.1) is 12.0 Å². The summed E-state index contributed by atoms with van der Waals surface area (Å²) in [4.78, 5) is 31.0. The molecule has 0 bridgehead atoms. The maximum atomic E-state index is 12.5. The third kappa shape index (κ3) is 4.08. The third-order valence-electron chi connectivity index (χ3n) is 4.65. The molecule has 0 radical (unpaired) electrons. The fraction of sp³-hybridized carbons (Fsp3) is 0.444. The van der Waals surface area contributed by atoms with Crippen molar-refractivity contribution in [3.8, 4) is 0 Å². The number of aromatic nitrogens is 3. The topological polar surface area (TPSA) is 92.2 Å². The number of hydrogen-bond donors (Lipinski definition) is 2. The van der Waals surface area contributed by atoms with Gasteiger partial charge in [-0.3, -0.25) is 24.2 Å². The van der Waals surface area contributed by atoms with Crippen LogP contribution in [0.25, 0.3) is 0 Å². The highest BCUT2D eigenvalue weighted by Gasteiger charge is 2.38. The fourth-order valence-electron chi connectivity index (χ4n) is 3.26. The summed E-state index contributed by atoms with van der Waals surface area (Å²) in [5.74, 6) is -0.604. The first-order valence-electron chi connectivity index (χ1n) is 8.78. The first-order valence-corrected chi connectivity index (χ1v) is 8.78. The molecule has 1 fully saturated rings. The number of aryl methyl sites for hydroxylation is 1. The molecule has 2 N–H and O–H groups in total. The quantitative estimate of drug-likeness (QED) is 0.775. The largest absolute Gasteiger partial charge is 0.359 e. The molecule has 2 aromatic heterocycles. The lowest BCUT2D eigenvalue weighted by atomic mass is 10.0. The molecule has 8 nitrogen and oxygen atoms in total. The number of carbonyl (C=O) groups excluding carboxylic acids is 2. The van der Waals surface area contributed by atoms with E-state index < -0.39 is 0 Å². The molecule has 1 aliphatic rings. The Kier molecular flexibility index (Phi) is 5.62. The van der Waals surface area contributed by atoms with Crippen LogP contribution in [0.3, 0.4) is 0 Å². The number of likely N-dealkylation sites (tertiary alicyclic amines) is 1. The first kappa shape index (κ1) is 18.1. The van der Waals surface area contributed by atoms with Gasteiger partial charge in [0.25, 0.3) is 5.91 Å². The Morgan fingerprint density at radius 2 is 2.00 bits per heavy atom. The molecule has 0 aliphatic carbocycles. The van der Waals surface area contributed by atoms with Gasteiger partial charge in [0.1, 0.15) is 5.69 Å². The summed E-state index contributed by atoms with van der Waals surface area (Å²) in [5, 5.41) is 9.92. The molecule has 138 valence electrons. The normalized spacial score (nSPS) is 20.1. The Morgan fingerprint density at radius 3 is 2.65 bits per heavy atom. The highest BCUT2D eigenvalue weighted by molar-refractivity contribution is 5.93. The van der Waals surface area contributed by atoms with Gasteiger partial charge < -0.3 is 10.6 Å². The number of nitrogens with zero attached hydrogens (tertiary/aromatic N) is 4. The van der Waals surface area contributed by atoms with Crippen LogP contribution < -0.4 is 10.6 Å². The van der Waals surface area contributed by atoms with Crippen LogP contribution in [0.15, 0.2) is 36.8 Å². The van der Waals surface area contributed by atoms with E-state index in [4.69, 9.17) is 0 Å². The predicted octanol–water partition coefficient (Wildman–Crippen LogP) is 0.274. The number of hydrogen-bond acceptors (Lipinski definition) is 5. The maximum absolute atomic E-state index is 12.5. The molecule has 0 spiro atoms. The number of pyridine rings is 1. The molecular weight excluding hydrogens is 332 g/mol. The molecule has 3 rings (SSSR count). The summed E-state index contributed by atoms with van der Waals surface area (Å²) in [5.41, 5.74) is 1.50. The van der Waals surface area contributed by atoms with Crippen molar-refractivity contribution in [2.45, 2.75) is 26.1 Å². The van der Waals surface area contributed by atoms with Crippen molar-refractivity contribution in [1.82, 2.24) is 30.3 Å². The average Bonchev–Trinajstić information content (AvgIpc) is 3.29. The van der Waals surface area contributed by atoms with Crippen molar-refractivity contribution in [3.63, 3.8) is 0 Å². The van der Waals surface area contributed by atoms with E-state index in [2.05, 4.69) is 25.6 Å². The molecule has 1 aliphatic heterocycles. The zero-order valence-electron chi connectivity index (χ0n) is 15.1. The zero-order chi connectivity index (χ0) is 18.5. The van der Waals surface area contributed by atoms with Gasteiger partial charge in [-0.25, -0.2) is 0 Å². The van der Waals surface area contributed by atoms with Gasteiger partial charge in [-0.1, -0.05) is 0 Å². The van der Waals surface area contributed by atoms with Crippen molar-refractivity contribution in [3.05, 3.63) is 48.0 Å². The van der Waals surface area contributed by atoms with E-state index in [9.17, 15) is 9.59 Å². The Balaban J connectivity index is 1.68. The smallest absolute Gasteiger partial charge is 0.272 e. The lowest BCUT2D eigenvalue weighted by Crippen LogP contribution is -2.45. The van der Waals surface area contributed by atoms with Gasteiger partial charge in [-0.05, 0) is 30.7 Å². The molecule has 2 amide bonds. The summed E-state index contributed by atoms with van der Waals surface area (Å²) in [7, 11) is 1.62. The lowest BCUT2D eigenvalue weighted by Gasteiger charge is -2.18. The zero-order valence-corrected chi connectivity index (χ0v) is 15.1. The fourth-order valence-corrected chi connectivity index (χ4v) is 3.26. The summed E-state index contributed by atoms with van der Waals surface area (Å²) >= 11 is 0. The van der Waals surface area contributed by atoms with Crippen molar-refractivity contribution < 1.29 is 9.59 Å². The van der Waals surface area contributed by atoms with Gasteiger partial charge in [0.2, 0.25) is 5.91 Å². The summed E-state index contributed by atoms with van der Waals surface area (Å²) in [6, 6.07) is 5.35. The van der Waals surface area contributed by atoms with Crippen LogP contribution in [0.4, 0.5) is 0 Å². The van der Waals surface area contributed by atoms with E-state index in [1.807, 2.05) is 19.1 Å². The summed E-state index contributed by atoms with van der Waals surface area (Å²) < 4.78 is 1.70. The van der Waals surface area contributed by atoms with Gasteiger partial charge >= 0.3 is 0 Å². The van der Waals surface area contributed by atoms with E-state index in [0.29, 0.717) is 31.9 Å². The maximum Gasteiger partial charge on any atom is 0.272 e. The van der Waals surface area contributed by atoms with Gasteiger partial charge in [-0.15, -0.1) is 0 Å². The number of rotatable bonds is 6. The molecule has 8 heteroatoms. The second-order valence-corrected chi connectivity index (χ2v) is 6.41. The SMILES string of the molecule is CCn1ccc(C(=O)N[C@H]2CN(Cc3ccncc3)C[C@@H]2C(=O)NC)n1. The van der Waals surface area contributed by atoms with Gasteiger partial charge in [0.15, 0.2) is 0 Å². The summed E-state index contributed by atoms with van der Waals surface area (Å²) in [6.07, 6.45) is 5.28. The predicted molar refractivity (Wildman–Crippen MR) is 96.2 cm³/mol. The number of nitrogens with one attached hydrogen (secondary N) is 2. The van der Waals surface area contributed by atoms with Crippen LogP contribution in [0.1, 0.15) is 23.0 Å². The van der Waals surface area contributed by atoms with Crippen LogP contribution >= 0.6 is 0 Å². The second kappa shape index (κ2) is 8.09. The van der Waals surface area contributed by atoms with Crippen molar-refractivity contribution in [2.75, 3.05) is 20.1 Å². The molecule has 3 heterocycles. The minimum atomic E-state index is -0.293. The highest BCUT2D eigenvalue weighted by atomic mass is 16.2. The van der Waals surface area contributed by atoms with E-state index in [1.165, 1.54) is 0 Å². The minimum Gasteiger partial charge on any atom is -0.359 e.